The van der Waals surface area contributed by atoms with E-state index in [0.29, 0.717) is 28.2 Å². The predicted octanol–water partition coefficient (Wildman–Crippen LogP) is 5.32. The Kier molecular flexibility index (Phi) is 6.83. The Balaban J connectivity index is 1.85. The molecular weight excluding hydrogens is 407 g/mol. The van der Waals surface area contributed by atoms with Crippen molar-refractivity contribution in [3.05, 3.63) is 52.0 Å². The lowest BCUT2D eigenvalue weighted by Gasteiger charge is -2.14. The molecule has 3 rings (SSSR count). The molecule has 1 aromatic heterocycles. The molecule has 1 amide bonds. The molecule has 2 N–H and O–H groups in total. The maximum atomic E-state index is 12.3. The molecule has 154 valence electrons. The molecule has 2 aromatic carbocycles. The number of nitrogens with zero attached hydrogens (tertiary/aromatic N) is 2. The molecule has 0 aliphatic carbocycles. The monoisotopic (exact) mass is 432 g/mol. The molecular formula is C22H26Cl2N4O. The van der Waals surface area contributed by atoms with Gasteiger partial charge >= 0.3 is 0 Å². The first-order valence-corrected chi connectivity index (χ1v) is 10.5. The van der Waals surface area contributed by atoms with E-state index >= 15 is 0 Å². The molecule has 0 unspecified atom stereocenters. The van der Waals surface area contributed by atoms with Gasteiger partial charge in [-0.3, -0.25) is 4.79 Å². The summed E-state index contributed by atoms with van der Waals surface area (Å²) < 4.78 is 2.13. The number of benzene rings is 2. The fourth-order valence-corrected chi connectivity index (χ4v) is 3.54. The first kappa shape index (κ1) is 21.6. The lowest BCUT2D eigenvalue weighted by molar-refractivity contribution is 0.0953. The molecule has 0 radical (unpaired) electrons. The van der Waals surface area contributed by atoms with Gasteiger partial charge in [0.25, 0.3) is 5.91 Å². The molecule has 0 bridgehead atoms. The largest absolute Gasteiger partial charge is 0.351 e. The number of carbonyl (C=O) groups is 1. The number of hydrogen-bond acceptors (Lipinski definition) is 3. The predicted molar refractivity (Wildman–Crippen MR) is 121 cm³/mol. The number of imidazole rings is 1. The van der Waals surface area contributed by atoms with Crippen LogP contribution in [-0.2, 0) is 0 Å². The Hall–Kier alpha value is -2.08. The zero-order valence-corrected chi connectivity index (χ0v) is 18.6. The molecule has 7 heteroatoms. The van der Waals surface area contributed by atoms with Crippen LogP contribution in [0.1, 0.15) is 44.1 Å². The first-order valence-electron chi connectivity index (χ1n) is 9.77. The van der Waals surface area contributed by atoms with E-state index in [0.717, 1.165) is 29.0 Å². The smallest absolute Gasteiger partial charge is 0.251 e. The van der Waals surface area contributed by atoms with Crippen molar-refractivity contribution in [1.29, 1.82) is 0 Å². The van der Waals surface area contributed by atoms with Crippen LogP contribution in [0.3, 0.4) is 0 Å². The number of aromatic nitrogens is 2. The summed E-state index contributed by atoms with van der Waals surface area (Å²) in [5.74, 6) is 0.736. The van der Waals surface area contributed by atoms with Gasteiger partial charge in [-0.25, -0.2) is 4.98 Å². The highest BCUT2D eigenvalue weighted by Crippen LogP contribution is 2.33. The van der Waals surface area contributed by atoms with Gasteiger partial charge in [0, 0.05) is 36.3 Å². The van der Waals surface area contributed by atoms with Crippen LogP contribution in [0.25, 0.3) is 22.4 Å². The van der Waals surface area contributed by atoms with Crippen LogP contribution in [0.5, 0.6) is 0 Å². The van der Waals surface area contributed by atoms with Crippen molar-refractivity contribution in [3.8, 4) is 11.4 Å². The second kappa shape index (κ2) is 9.16. The summed E-state index contributed by atoms with van der Waals surface area (Å²) in [6.45, 7) is 9.68. The van der Waals surface area contributed by atoms with Crippen LogP contribution < -0.4 is 10.6 Å². The van der Waals surface area contributed by atoms with Gasteiger partial charge in [0.05, 0.1) is 21.1 Å². The maximum Gasteiger partial charge on any atom is 0.251 e. The fourth-order valence-electron chi connectivity index (χ4n) is 3.23. The second-order valence-electron chi connectivity index (χ2n) is 7.60. The average molecular weight is 433 g/mol. The van der Waals surface area contributed by atoms with Crippen LogP contribution in [0.4, 0.5) is 0 Å². The van der Waals surface area contributed by atoms with E-state index in [1.165, 1.54) is 0 Å². The molecule has 0 saturated heterocycles. The molecule has 3 aromatic rings. The van der Waals surface area contributed by atoms with E-state index in [1.807, 2.05) is 30.3 Å². The zero-order valence-electron chi connectivity index (χ0n) is 17.1. The third kappa shape index (κ3) is 4.92. The molecule has 29 heavy (non-hydrogen) atoms. The number of amides is 1. The Morgan fingerprint density at radius 1 is 1.03 bits per heavy atom. The van der Waals surface area contributed by atoms with Gasteiger partial charge < -0.3 is 15.2 Å². The number of fused-ring (bicyclic) bond motifs is 1. The minimum absolute atomic E-state index is 0.0852. The van der Waals surface area contributed by atoms with E-state index in [4.69, 9.17) is 28.2 Å². The molecule has 1 heterocycles. The third-order valence-corrected chi connectivity index (χ3v) is 5.34. The van der Waals surface area contributed by atoms with E-state index in [1.54, 1.807) is 6.07 Å². The topological polar surface area (TPSA) is 58.9 Å². The number of nitrogens with one attached hydrogen (secondary N) is 2. The number of carbonyl (C=O) groups excluding carboxylic acids is 1. The van der Waals surface area contributed by atoms with Crippen LogP contribution in [0.2, 0.25) is 10.0 Å². The molecule has 0 saturated carbocycles. The van der Waals surface area contributed by atoms with Crippen LogP contribution in [0, 0.1) is 0 Å². The second-order valence-corrected chi connectivity index (χ2v) is 8.41. The Morgan fingerprint density at radius 2 is 1.69 bits per heavy atom. The molecule has 0 aliphatic rings. The highest BCUT2D eigenvalue weighted by atomic mass is 35.5. The highest BCUT2D eigenvalue weighted by molar-refractivity contribution is 6.42. The first-order chi connectivity index (χ1) is 13.8. The third-order valence-electron chi connectivity index (χ3n) is 4.62. The van der Waals surface area contributed by atoms with E-state index in [2.05, 4.69) is 42.9 Å². The lowest BCUT2D eigenvalue weighted by atomic mass is 10.1. The van der Waals surface area contributed by atoms with Crippen molar-refractivity contribution >= 4 is 40.1 Å². The highest BCUT2D eigenvalue weighted by Gasteiger charge is 2.17. The lowest BCUT2D eigenvalue weighted by Crippen LogP contribution is -2.34. The van der Waals surface area contributed by atoms with Crippen molar-refractivity contribution in [1.82, 2.24) is 20.2 Å². The van der Waals surface area contributed by atoms with E-state index in [-0.39, 0.29) is 11.9 Å². The summed E-state index contributed by atoms with van der Waals surface area (Å²) in [6, 6.07) is 11.7. The summed E-state index contributed by atoms with van der Waals surface area (Å²) in [5, 5.41) is 7.19. The molecule has 0 fully saturated rings. The standard InChI is InChI=1S/C22H26Cl2N4O/c1-13(2)25-9-10-26-22(29)16-7-5-15(6-8-16)21-27-19-11-17(23)18(24)12-20(19)28(21)14(3)4/h5-8,11-14,25H,9-10H2,1-4H3,(H,26,29). The number of rotatable bonds is 7. The zero-order chi connectivity index (χ0) is 21.1. The van der Waals surface area contributed by atoms with Crippen molar-refractivity contribution in [3.63, 3.8) is 0 Å². The summed E-state index contributed by atoms with van der Waals surface area (Å²) in [6.07, 6.45) is 0. The molecule has 5 nitrogen and oxygen atoms in total. The summed E-state index contributed by atoms with van der Waals surface area (Å²) in [7, 11) is 0. The molecule has 0 atom stereocenters. The maximum absolute atomic E-state index is 12.3. The van der Waals surface area contributed by atoms with Gasteiger partial charge in [-0.1, -0.05) is 49.2 Å². The van der Waals surface area contributed by atoms with Crippen molar-refractivity contribution in [2.45, 2.75) is 39.8 Å². The fraction of sp³-hybridized carbons (Fsp3) is 0.364. The summed E-state index contributed by atoms with van der Waals surface area (Å²) in [4.78, 5) is 17.1. The van der Waals surface area contributed by atoms with Crippen LogP contribution >= 0.6 is 23.2 Å². The van der Waals surface area contributed by atoms with E-state index < -0.39 is 0 Å². The van der Waals surface area contributed by atoms with Gasteiger partial charge in [-0.05, 0) is 38.1 Å². The van der Waals surface area contributed by atoms with Gasteiger partial charge in [0.1, 0.15) is 5.82 Å². The van der Waals surface area contributed by atoms with Crippen LogP contribution in [0.15, 0.2) is 36.4 Å². The van der Waals surface area contributed by atoms with Crippen molar-refractivity contribution in [2.75, 3.05) is 13.1 Å². The van der Waals surface area contributed by atoms with Crippen molar-refractivity contribution in [2.24, 2.45) is 0 Å². The van der Waals surface area contributed by atoms with Gasteiger partial charge in [0.2, 0.25) is 0 Å². The Morgan fingerprint density at radius 3 is 2.31 bits per heavy atom. The van der Waals surface area contributed by atoms with Gasteiger partial charge in [0.15, 0.2) is 0 Å². The molecule has 0 aliphatic heterocycles. The Labute approximate surface area is 181 Å². The quantitative estimate of drug-likeness (QED) is 0.496. The SMILES string of the molecule is CC(C)NCCNC(=O)c1ccc(-c2nc3cc(Cl)c(Cl)cc3n2C(C)C)cc1. The Bertz CT molecular complexity index is 1010. The summed E-state index contributed by atoms with van der Waals surface area (Å²) in [5.41, 5.74) is 3.28. The molecule has 0 spiro atoms. The van der Waals surface area contributed by atoms with Gasteiger partial charge in [-0.15, -0.1) is 0 Å². The number of hydrogen-bond donors (Lipinski definition) is 2. The van der Waals surface area contributed by atoms with E-state index in [9.17, 15) is 4.79 Å². The minimum atomic E-state index is -0.0852. The summed E-state index contributed by atoms with van der Waals surface area (Å²) >= 11 is 12.4. The van der Waals surface area contributed by atoms with Crippen molar-refractivity contribution < 1.29 is 4.79 Å². The average Bonchev–Trinajstić information content (AvgIpc) is 3.03. The minimum Gasteiger partial charge on any atom is -0.351 e. The normalized spacial score (nSPS) is 11.6. The number of halogens is 2. The van der Waals surface area contributed by atoms with Gasteiger partial charge in [-0.2, -0.15) is 0 Å². The van der Waals surface area contributed by atoms with Crippen LogP contribution in [-0.4, -0.2) is 34.6 Å².